The number of hydrogen-bond donors (Lipinski definition) is 1. The first-order valence-corrected chi connectivity index (χ1v) is 11.5. The van der Waals surface area contributed by atoms with Crippen LogP contribution in [0.5, 0.6) is 0 Å². The van der Waals surface area contributed by atoms with Crippen molar-refractivity contribution in [3.8, 4) is 0 Å². The normalized spacial score (nSPS) is 23.7. The van der Waals surface area contributed by atoms with Gasteiger partial charge in [0.2, 0.25) is 5.91 Å². The van der Waals surface area contributed by atoms with Crippen LogP contribution in [0.15, 0.2) is 6.20 Å². The summed E-state index contributed by atoms with van der Waals surface area (Å²) >= 11 is 0. The number of carbonyl (C=O) groups is 2. The molecule has 1 aromatic rings. The molecule has 30 heavy (non-hydrogen) atoms. The molecule has 8 heteroatoms. The zero-order valence-electron chi connectivity index (χ0n) is 18.3. The smallest absolute Gasteiger partial charge is 0.254 e. The fourth-order valence-corrected chi connectivity index (χ4v) is 4.51. The number of nitrogens with zero attached hydrogens (tertiary/aromatic N) is 4. The zero-order valence-corrected chi connectivity index (χ0v) is 18.3. The minimum atomic E-state index is -0.164. The predicted molar refractivity (Wildman–Crippen MR) is 113 cm³/mol. The quantitative estimate of drug-likeness (QED) is 0.690. The summed E-state index contributed by atoms with van der Waals surface area (Å²) in [6.45, 7) is 10.0. The van der Waals surface area contributed by atoms with E-state index in [1.807, 2.05) is 18.7 Å². The van der Waals surface area contributed by atoms with Gasteiger partial charge in [-0.1, -0.05) is 0 Å². The minimum absolute atomic E-state index is 0.0676. The highest BCUT2D eigenvalue weighted by Crippen LogP contribution is 2.31. The lowest BCUT2D eigenvalue weighted by Crippen LogP contribution is -2.52. The molecule has 2 aliphatic heterocycles. The Balaban J connectivity index is 1.22. The number of hydrogen-bond acceptors (Lipinski definition) is 5. The van der Waals surface area contributed by atoms with Crippen molar-refractivity contribution in [3.63, 3.8) is 0 Å². The van der Waals surface area contributed by atoms with Crippen LogP contribution in [-0.4, -0.2) is 83.4 Å². The number of aromatic nitrogens is 2. The van der Waals surface area contributed by atoms with Crippen molar-refractivity contribution in [1.29, 1.82) is 0 Å². The topological polar surface area (TPSA) is 79.7 Å². The molecule has 0 aromatic carbocycles. The van der Waals surface area contributed by atoms with Gasteiger partial charge in [-0.15, -0.1) is 0 Å². The second-order valence-electron chi connectivity index (χ2n) is 9.11. The van der Waals surface area contributed by atoms with Crippen molar-refractivity contribution in [2.24, 2.45) is 11.8 Å². The number of piperidine rings is 1. The van der Waals surface area contributed by atoms with Gasteiger partial charge in [0.05, 0.1) is 17.4 Å². The zero-order chi connectivity index (χ0) is 21.1. The van der Waals surface area contributed by atoms with E-state index in [9.17, 15) is 9.59 Å². The van der Waals surface area contributed by atoms with Gasteiger partial charge < -0.3 is 19.9 Å². The van der Waals surface area contributed by atoms with E-state index in [1.54, 1.807) is 10.9 Å². The van der Waals surface area contributed by atoms with E-state index in [0.29, 0.717) is 24.6 Å². The Morgan fingerprint density at radius 2 is 1.93 bits per heavy atom. The second-order valence-corrected chi connectivity index (χ2v) is 9.11. The maximum atomic E-state index is 12.5. The number of morpholine rings is 1. The third kappa shape index (κ3) is 5.40. The lowest BCUT2D eigenvalue weighted by Gasteiger charge is -2.38. The molecule has 1 saturated carbocycles. The van der Waals surface area contributed by atoms with Crippen LogP contribution in [0.3, 0.4) is 0 Å². The summed E-state index contributed by atoms with van der Waals surface area (Å²) in [5.41, 5.74) is 1.32. The van der Waals surface area contributed by atoms with Crippen molar-refractivity contribution in [3.05, 3.63) is 17.5 Å². The van der Waals surface area contributed by atoms with E-state index in [1.165, 1.54) is 32.2 Å². The van der Waals surface area contributed by atoms with Gasteiger partial charge in [0.15, 0.2) is 0 Å². The first-order valence-electron chi connectivity index (χ1n) is 11.5. The molecule has 2 saturated heterocycles. The fourth-order valence-electron chi connectivity index (χ4n) is 4.51. The molecule has 2 amide bonds. The van der Waals surface area contributed by atoms with Crippen LogP contribution in [0, 0.1) is 18.8 Å². The Kier molecular flexibility index (Phi) is 6.73. The number of amides is 2. The van der Waals surface area contributed by atoms with Crippen molar-refractivity contribution in [1.82, 2.24) is 24.9 Å². The van der Waals surface area contributed by atoms with Gasteiger partial charge in [-0.3, -0.25) is 14.3 Å². The summed E-state index contributed by atoms with van der Waals surface area (Å²) in [4.78, 5) is 29.4. The summed E-state index contributed by atoms with van der Waals surface area (Å²) in [5, 5.41) is 7.28. The first-order chi connectivity index (χ1) is 14.5. The molecule has 166 valence electrons. The molecule has 1 unspecified atom stereocenters. The average molecular weight is 418 g/mol. The van der Waals surface area contributed by atoms with Crippen LogP contribution >= 0.6 is 0 Å². The van der Waals surface area contributed by atoms with E-state index in [0.717, 1.165) is 37.8 Å². The maximum Gasteiger partial charge on any atom is 0.254 e. The van der Waals surface area contributed by atoms with Crippen LogP contribution in [0.25, 0.3) is 0 Å². The molecule has 3 fully saturated rings. The largest absolute Gasteiger partial charge is 0.365 e. The van der Waals surface area contributed by atoms with Crippen LogP contribution in [0.1, 0.15) is 48.7 Å². The molecule has 4 rings (SSSR count). The highest BCUT2D eigenvalue weighted by Gasteiger charge is 2.31. The van der Waals surface area contributed by atoms with Crippen molar-refractivity contribution in [2.75, 3.05) is 45.9 Å². The Bertz CT molecular complexity index is 752. The average Bonchev–Trinajstić information content (AvgIpc) is 3.48. The van der Waals surface area contributed by atoms with Gasteiger partial charge >= 0.3 is 0 Å². The summed E-state index contributed by atoms with van der Waals surface area (Å²) < 4.78 is 7.45. The van der Waals surface area contributed by atoms with E-state index in [-0.39, 0.29) is 24.5 Å². The lowest BCUT2D eigenvalue weighted by atomic mass is 9.95. The van der Waals surface area contributed by atoms with Gasteiger partial charge in [-0.2, -0.15) is 5.10 Å². The number of rotatable bonds is 8. The van der Waals surface area contributed by atoms with E-state index in [2.05, 4.69) is 15.3 Å². The molecule has 1 atom stereocenters. The molecular formula is C22H35N5O3. The number of nitrogens with one attached hydrogen (secondary N) is 1. The third-order valence-corrected chi connectivity index (χ3v) is 6.62. The van der Waals surface area contributed by atoms with Gasteiger partial charge in [0.1, 0.15) is 6.61 Å². The molecule has 1 N–H and O–H groups in total. The molecule has 0 spiro atoms. The fraction of sp³-hybridized carbons (Fsp3) is 0.773. The molecule has 0 radical (unpaired) electrons. The van der Waals surface area contributed by atoms with E-state index in [4.69, 9.17) is 4.74 Å². The monoisotopic (exact) mass is 417 g/mol. The molecule has 0 bridgehead atoms. The minimum Gasteiger partial charge on any atom is -0.365 e. The number of likely N-dealkylation sites (tertiary alicyclic amines) is 1. The van der Waals surface area contributed by atoms with Crippen molar-refractivity contribution in [2.45, 2.75) is 52.2 Å². The Morgan fingerprint density at radius 1 is 1.20 bits per heavy atom. The molecule has 1 aromatic heterocycles. The molecule has 8 nitrogen and oxygen atoms in total. The van der Waals surface area contributed by atoms with Gasteiger partial charge in [0, 0.05) is 38.9 Å². The molecule has 1 aliphatic carbocycles. The van der Waals surface area contributed by atoms with Crippen molar-refractivity contribution >= 4 is 11.8 Å². The summed E-state index contributed by atoms with van der Waals surface area (Å²) in [7, 11) is 0. The second kappa shape index (κ2) is 9.47. The molecule has 3 aliphatic rings. The van der Waals surface area contributed by atoms with Gasteiger partial charge in [-0.05, 0) is 64.5 Å². The Morgan fingerprint density at radius 3 is 2.60 bits per heavy atom. The lowest BCUT2D eigenvalue weighted by molar-refractivity contribution is -0.149. The van der Waals surface area contributed by atoms with Crippen LogP contribution < -0.4 is 5.32 Å². The van der Waals surface area contributed by atoms with E-state index >= 15 is 0 Å². The highest BCUT2D eigenvalue weighted by molar-refractivity contribution is 5.95. The Labute approximate surface area is 178 Å². The van der Waals surface area contributed by atoms with Crippen molar-refractivity contribution < 1.29 is 14.3 Å². The first kappa shape index (κ1) is 21.3. The summed E-state index contributed by atoms with van der Waals surface area (Å²) in [6.07, 6.45) is 6.75. The summed E-state index contributed by atoms with van der Waals surface area (Å²) in [6, 6.07) is 0. The number of carbonyl (C=O) groups excluding carboxylic acids is 2. The van der Waals surface area contributed by atoms with Gasteiger partial charge in [-0.25, -0.2) is 0 Å². The van der Waals surface area contributed by atoms with Crippen LogP contribution in [0.2, 0.25) is 0 Å². The predicted octanol–water partition coefficient (Wildman–Crippen LogP) is 1.29. The number of aryl methyl sites for hydroxylation is 2. The molecule has 3 heterocycles. The van der Waals surface area contributed by atoms with Gasteiger partial charge in [0.25, 0.3) is 5.91 Å². The van der Waals surface area contributed by atoms with Crippen LogP contribution in [0.4, 0.5) is 0 Å². The maximum absolute atomic E-state index is 12.5. The highest BCUT2D eigenvalue weighted by atomic mass is 16.5. The van der Waals surface area contributed by atoms with Crippen LogP contribution in [-0.2, 0) is 16.1 Å². The standard InChI is InChI=1S/C22H35N5O3/c1-3-27-14-20(16(2)24-27)22(29)23-10-19-13-26(21(28)15-30-19)12-18-6-8-25(9-7-18)11-17-4-5-17/h14,17-19H,3-13,15H2,1-2H3,(H,23,29). The number of ether oxygens (including phenoxy) is 1. The molecular weight excluding hydrogens is 382 g/mol. The van der Waals surface area contributed by atoms with E-state index < -0.39 is 0 Å². The SMILES string of the molecule is CCn1cc(C(=O)NCC2CN(CC3CCN(CC4CC4)CC3)C(=O)CO2)c(C)n1. The summed E-state index contributed by atoms with van der Waals surface area (Å²) in [5.74, 6) is 1.44. The third-order valence-electron chi connectivity index (χ3n) is 6.62. The Hall–Kier alpha value is -1.93.